The molecule has 106 valence electrons. The van der Waals surface area contributed by atoms with E-state index >= 15 is 0 Å². The molecule has 6 heteroatoms. The van der Waals surface area contributed by atoms with Crippen molar-refractivity contribution in [3.8, 4) is 0 Å². The van der Waals surface area contributed by atoms with Gasteiger partial charge in [0, 0.05) is 20.2 Å². The summed E-state index contributed by atoms with van der Waals surface area (Å²) in [5.74, 6) is -0.993. The fraction of sp³-hybridized carbons (Fsp3) is 0.833. The number of carbonyl (C=O) groups excluding carboxylic acids is 1. The fourth-order valence-corrected chi connectivity index (χ4v) is 1.82. The van der Waals surface area contributed by atoms with Gasteiger partial charge in [-0.1, -0.05) is 6.92 Å². The van der Waals surface area contributed by atoms with Crippen LogP contribution in [0.3, 0.4) is 0 Å². The van der Waals surface area contributed by atoms with Crippen LogP contribution in [0.25, 0.3) is 0 Å². The standard InChI is InChI=1S/C12H24N2O4/c1-5-7-13(8-11(15)16)12(17)14(6-2)10(3)9-18-4/h10H,5-9H2,1-4H3,(H,15,16). The number of likely N-dealkylation sites (N-methyl/N-ethyl adjacent to an activating group) is 1. The Balaban J connectivity index is 4.73. The van der Waals surface area contributed by atoms with Gasteiger partial charge in [-0.15, -0.1) is 0 Å². The van der Waals surface area contributed by atoms with Crippen LogP contribution in [0.1, 0.15) is 27.2 Å². The van der Waals surface area contributed by atoms with E-state index in [0.29, 0.717) is 19.7 Å². The summed E-state index contributed by atoms with van der Waals surface area (Å²) in [4.78, 5) is 26.0. The van der Waals surface area contributed by atoms with Crippen molar-refractivity contribution >= 4 is 12.0 Å². The summed E-state index contributed by atoms with van der Waals surface area (Å²) in [5, 5.41) is 8.82. The number of carboxylic acid groups (broad SMARTS) is 1. The molecule has 0 radical (unpaired) electrons. The van der Waals surface area contributed by atoms with Gasteiger partial charge in [0.15, 0.2) is 0 Å². The quantitative estimate of drug-likeness (QED) is 0.713. The van der Waals surface area contributed by atoms with Crippen LogP contribution in [0.15, 0.2) is 0 Å². The average Bonchev–Trinajstić information content (AvgIpc) is 2.29. The summed E-state index contributed by atoms with van der Waals surface area (Å²) in [6.45, 7) is 6.82. The minimum Gasteiger partial charge on any atom is -0.480 e. The van der Waals surface area contributed by atoms with Crippen molar-refractivity contribution in [2.75, 3.05) is 33.4 Å². The molecule has 2 amide bonds. The number of hydrogen-bond donors (Lipinski definition) is 1. The molecule has 6 nitrogen and oxygen atoms in total. The van der Waals surface area contributed by atoms with E-state index in [4.69, 9.17) is 9.84 Å². The number of carbonyl (C=O) groups is 2. The van der Waals surface area contributed by atoms with Gasteiger partial charge in [0.2, 0.25) is 0 Å². The molecular formula is C12H24N2O4. The van der Waals surface area contributed by atoms with E-state index in [1.165, 1.54) is 4.90 Å². The van der Waals surface area contributed by atoms with Gasteiger partial charge in [0.05, 0.1) is 12.6 Å². The van der Waals surface area contributed by atoms with Crippen LogP contribution in [0.2, 0.25) is 0 Å². The maximum absolute atomic E-state index is 12.2. The van der Waals surface area contributed by atoms with Crippen molar-refractivity contribution in [2.24, 2.45) is 0 Å². The molecule has 0 heterocycles. The van der Waals surface area contributed by atoms with Crippen LogP contribution in [-0.2, 0) is 9.53 Å². The van der Waals surface area contributed by atoms with Gasteiger partial charge in [0.1, 0.15) is 6.54 Å². The van der Waals surface area contributed by atoms with E-state index in [1.54, 1.807) is 12.0 Å². The lowest BCUT2D eigenvalue weighted by Crippen LogP contribution is -2.50. The minimum absolute atomic E-state index is 0.0688. The zero-order valence-corrected chi connectivity index (χ0v) is 11.7. The molecule has 0 aromatic heterocycles. The average molecular weight is 260 g/mol. The Kier molecular flexibility index (Phi) is 8.11. The number of amides is 2. The Morgan fingerprint density at radius 2 is 1.94 bits per heavy atom. The molecule has 0 saturated heterocycles. The molecule has 1 unspecified atom stereocenters. The predicted octanol–water partition coefficient (Wildman–Crippen LogP) is 1.26. The van der Waals surface area contributed by atoms with E-state index < -0.39 is 5.97 Å². The second-order valence-corrected chi connectivity index (χ2v) is 4.19. The largest absolute Gasteiger partial charge is 0.480 e. The van der Waals surface area contributed by atoms with Crippen LogP contribution in [0, 0.1) is 0 Å². The van der Waals surface area contributed by atoms with Crippen molar-refractivity contribution in [1.29, 1.82) is 0 Å². The number of carboxylic acids is 1. The topological polar surface area (TPSA) is 70.1 Å². The van der Waals surface area contributed by atoms with Crippen LogP contribution in [0.4, 0.5) is 4.79 Å². The van der Waals surface area contributed by atoms with Crippen LogP contribution in [0.5, 0.6) is 0 Å². The number of methoxy groups -OCH3 is 1. The van der Waals surface area contributed by atoms with Crippen LogP contribution < -0.4 is 0 Å². The first-order valence-electron chi connectivity index (χ1n) is 6.24. The number of hydrogen-bond acceptors (Lipinski definition) is 3. The highest BCUT2D eigenvalue weighted by molar-refractivity contribution is 5.80. The van der Waals surface area contributed by atoms with Gasteiger partial charge in [-0.3, -0.25) is 4.79 Å². The van der Waals surface area contributed by atoms with Gasteiger partial charge < -0.3 is 19.6 Å². The van der Waals surface area contributed by atoms with Crippen molar-refractivity contribution in [1.82, 2.24) is 9.80 Å². The SMILES string of the molecule is CCCN(CC(=O)O)C(=O)N(CC)C(C)COC. The zero-order chi connectivity index (χ0) is 14.1. The second-order valence-electron chi connectivity index (χ2n) is 4.19. The number of nitrogens with zero attached hydrogens (tertiary/aromatic N) is 2. The van der Waals surface area contributed by atoms with E-state index in [0.717, 1.165) is 6.42 Å². The lowest BCUT2D eigenvalue weighted by Gasteiger charge is -2.32. The lowest BCUT2D eigenvalue weighted by molar-refractivity contribution is -0.137. The number of aliphatic carboxylic acids is 1. The van der Waals surface area contributed by atoms with Crippen molar-refractivity contribution in [3.63, 3.8) is 0 Å². The van der Waals surface area contributed by atoms with Gasteiger partial charge in [-0.25, -0.2) is 4.79 Å². The third kappa shape index (κ3) is 5.35. The summed E-state index contributed by atoms with van der Waals surface area (Å²) in [6.07, 6.45) is 0.731. The molecule has 0 aliphatic carbocycles. The van der Waals surface area contributed by atoms with Crippen LogP contribution in [-0.4, -0.2) is 66.3 Å². The van der Waals surface area contributed by atoms with E-state index in [9.17, 15) is 9.59 Å². The molecule has 1 atom stereocenters. The van der Waals surface area contributed by atoms with Gasteiger partial charge in [0.25, 0.3) is 0 Å². The maximum Gasteiger partial charge on any atom is 0.323 e. The molecule has 0 aliphatic rings. The van der Waals surface area contributed by atoms with E-state index in [-0.39, 0.29) is 18.6 Å². The number of rotatable bonds is 8. The van der Waals surface area contributed by atoms with E-state index in [1.807, 2.05) is 20.8 Å². The highest BCUT2D eigenvalue weighted by Crippen LogP contribution is 2.06. The summed E-state index contributed by atoms with van der Waals surface area (Å²) in [6, 6.07) is -0.313. The molecule has 0 bridgehead atoms. The van der Waals surface area contributed by atoms with Crippen LogP contribution >= 0.6 is 0 Å². The number of urea groups is 1. The molecule has 0 aliphatic heterocycles. The smallest absolute Gasteiger partial charge is 0.323 e. The van der Waals surface area contributed by atoms with E-state index in [2.05, 4.69) is 0 Å². The highest BCUT2D eigenvalue weighted by atomic mass is 16.5. The summed E-state index contributed by atoms with van der Waals surface area (Å²) in [7, 11) is 1.58. The monoisotopic (exact) mass is 260 g/mol. The van der Waals surface area contributed by atoms with Gasteiger partial charge in [-0.2, -0.15) is 0 Å². The van der Waals surface area contributed by atoms with Crippen molar-refractivity contribution < 1.29 is 19.4 Å². The van der Waals surface area contributed by atoms with Crippen molar-refractivity contribution in [3.05, 3.63) is 0 Å². The Labute approximate surface area is 109 Å². The Hall–Kier alpha value is -1.30. The van der Waals surface area contributed by atoms with Gasteiger partial charge in [-0.05, 0) is 20.3 Å². The normalized spacial score (nSPS) is 12.0. The summed E-state index contributed by atoms with van der Waals surface area (Å²) in [5.41, 5.74) is 0. The molecule has 0 saturated carbocycles. The summed E-state index contributed by atoms with van der Waals surface area (Å²) >= 11 is 0. The molecule has 0 aromatic rings. The first-order chi connectivity index (χ1) is 8.47. The third-order valence-corrected chi connectivity index (χ3v) is 2.62. The molecule has 0 fully saturated rings. The van der Waals surface area contributed by atoms with Crippen molar-refractivity contribution in [2.45, 2.75) is 33.2 Å². The molecule has 1 N–H and O–H groups in total. The lowest BCUT2D eigenvalue weighted by atomic mass is 10.3. The Bertz CT molecular complexity index is 271. The summed E-state index contributed by atoms with van der Waals surface area (Å²) < 4.78 is 5.03. The fourth-order valence-electron chi connectivity index (χ4n) is 1.82. The highest BCUT2D eigenvalue weighted by Gasteiger charge is 2.24. The Morgan fingerprint density at radius 3 is 2.33 bits per heavy atom. The van der Waals surface area contributed by atoms with Gasteiger partial charge >= 0.3 is 12.0 Å². The second kappa shape index (κ2) is 8.74. The molecule has 0 aromatic carbocycles. The first-order valence-corrected chi connectivity index (χ1v) is 6.24. The maximum atomic E-state index is 12.2. The number of ether oxygens (including phenoxy) is 1. The Morgan fingerprint density at radius 1 is 1.33 bits per heavy atom. The predicted molar refractivity (Wildman–Crippen MR) is 68.6 cm³/mol. The molecule has 18 heavy (non-hydrogen) atoms. The molecular weight excluding hydrogens is 236 g/mol. The molecule has 0 rings (SSSR count). The third-order valence-electron chi connectivity index (χ3n) is 2.62. The molecule has 0 spiro atoms. The minimum atomic E-state index is -0.993. The first kappa shape index (κ1) is 16.7. The zero-order valence-electron chi connectivity index (χ0n) is 11.7.